The second-order valence-electron chi connectivity index (χ2n) is 8.04. The van der Waals surface area contributed by atoms with Crippen molar-refractivity contribution in [3.63, 3.8) is 0 Å². The summed E-state index contributed by atoms with van der Waals surface area (Å²) >= 11 is 6.07. The van der Waals surface area contributed by atoms with Crippen LogP contribution in [0.25, 0.3) is 27.5 Å². The maximum atomic E-state index is 14.1. The molecule has 1 atom stereocenters. The van der Waals surface area contributed by atoms with Crippen LogP contribution in [0.2, 0.25) is 5.28 Å². The number of rotatable bonds is 4. The second kappa shape index (κ2) is 8.87. The van der Waals surface area contributed by atoms with Gasteiger partial charge in [0.25, 0.3) is 5.56 Å². The number of benzene rings is 2. The van der Waals surface area contributed by atoms with Gasteiger partial charge in [0, 0.05) is 11.9 Å². The van der Waals surface area contributed by atoms with Gasteiger partial charge in [0.15, 0.2) is 5.82 Å². The molecule has 0 aliphatic carbocycles. The third-order valence-corrected chi connectivity index (χ3v) is 5.84. The lowest BCUT2D eigenvalue weighted by Gasteiger charge is -2.22. The summed E-state index contributed by atoms with van der Waals surface area (Å²) in [6, 6.07) is 12.7. The van der Waals surface area contributed by atoms with Crippen LogP contribution in [0.4, 0.5) is 23.4 Å². The molecule has 5 rings (SSSR count). The molecule has 6 nitrogen and oxygen atoms in total. The lowest BCUT2D eigenvalue weighted by atomic mass is 10.0. The molecule has 0 aliphatic heterocycles. The molecule has 182 valence electrons. The van der Waals surface area contributed by atoms with Gasteiger partial charge in [-0.3, -0.25) is 14.3 Å². The summed E-state index contributed by atoms with van der Waals surface area (Å²) in [4.78, 5) is 26.2. The summed E-state index contributed by atoms with van der Waals surface area (Å²) in [5.74, 6) is -0.381. The van der Waals surface area contributed by atoms with Gasteiger partial charge in [0.1, 0.15) is 11.3 Å². The van der Waals surface area contributed by atoms with Gasteiger partial charge in [-0.25, -0.2) is 9.37 Å². The van der Waals surface area contributed by atoms with Crippen molar-refractivity contribution in [2.45, 2.75) is 19.1 Å². The molecule has 3 aromatic heterocycles. The predicted molar refractivity (Wildman–Crippen MR) is 129 cm³/mol. The van der Waals surface area contributed by atoms with Gasteiger partial charge >= 0.3 is 6.18 Å². The summed E-state index contributed by atoms with van der Waals surface area (Å²) in [6.07, 6.45) is -3.21. The number of hydrogen-bond donors (Lipinski definition) is 1. The molecule has 3 heterocycles. The Morgan fingerprint density at radius 3 is 2.56 bits per heavy atom. The van der Waals surface area contributed by atoms with Crippen molar-refractivity contribution in [2.75, 3.05) is 5.32 Å². The summed E-state index contributed by atoms with van der Waals surface area (Å²) in [6.45, 7) is 1.69. The molecule has 0 amide bonds. The first-order valence-corrected chi connectivity index (χ1v) is 11.1. The van der Waals surface area contributed by atoms with Crippen molar-refractivity contribution in [3.05, 3.63) is 99.6 Å². The molecular formula is C25H16ClF4N5O. The largest absolute Gasteiger partial charge is 0.417 e. The number of fused-ring (bicyclic) bond motifs is 2. The van der Waals surface area contributed by atoms with Crippen molar-refractivity contribution in [3.8, 4) is 5.69 Å². The molecule has 0 spiro atoms. The van der Waals surface area contributed by atoms with Crippen LogP contribution < -0.4 is 10.9 Å². The third kappa shape index (κ3) is 4.24. The zero-order valence-corrected chi connectivity index (χ0v) is 19.3. The van der Waals surface area contributed by atoms with Crippen LogP contribution in [0.1, 0.15) is 24.2 Å². The van der Waals surface area contributed by atoms with E-state index in [1.807, 2.05) is 0 Å². The molecule has 0 bridgehead atoms. The van der Waals surface area contributed by atoms with E-state index >= 15 is 0 Å². The van der Waals surface area contributed by atoms with Crippen LogP contribution in [-0.4, -0.2) is 19.5 Å². The van der Waals surface area contributed by atoms with E-state index in [0.29, 0.717) is 11.0 Å². The SMILES string of the molecule is C[C@H](Nc1nc(Cl)nc2cccnc12)c1cc2cccc(C(F)(F)F)c2c(=O)n1-c1cccc(F)c1. The maximum Gasteiger partial charge on any atom is 0.417 e. The van der Waals surface area contributed by atoms with Crippen LogP contribution >= 0.6 is 11.6 Å². The first-order valence-electron chi connectivity index (χ1n) is 10.7. The quantitative estimate of drug-likeness (QED) is 0.225. The van der Waals surface area contributed by atoms with Gasteiger partial charge in [-0.2, -0.15) is 18.2 Å². The minimum absolute atomic E-state index is 0.0407. The van der Waals surface area contributed by atoms with Gasteiger partial charge in [0.2, 0.25) is 5.28 Å². The minimum Gasteiger partial charge on any atom is -0.360 e. The molecule has 0 radical (unpaired) electrons. The van der Waals surface area contributed by atoms with E-state index in [-0.39, 0.29) is 27.9 Å². The zero-order chi connectivity index (χ0) is 25.6. The fourth-order valence-electron chi connectivity index (χ4n) is 4.14. The molecular weight excluding hydrogens is 498 g/mol. The normalized spacial score (nSPS) is 12.7. The van der Waals surface area contributed by atoms with Gasteiger partial charge in [-0.1, -0.05) is 18.2 Å². The molecule has 0 saturated heterocycles. The van der Waals surface area contributed by atoms with Crippen molar-refractivity contribution < 1.29 is 17.6 Å². The Morgan fingerprint density at radius 2 is 1.81 bits per heavy atom. The Bertz CT molecular complexity index is 1690. The van der Waals surface area contributed by atoms with Crippen molar-refractivity contribution in [1.82, 2.24) is 19.5 Å². The van der Waals surface area contributed by atoms with E-state index in [2.05, 4.69) is 20.3 Å². The van der Waals surface area contributed by atoms with Crippen LogP contribution in [0.5, 0.6) is 0 Å². The lowest BCUT2D eigenvalue weighted by Crippen LogP contribution is -2.27. The topological polar surface area (TPSA) is 72.7 Å². The molecule has 0 aliphatic rings. The van der Waals surface area contributed by atoms with Gasteiger partial charge < -0.3 is 5.32 Å². The fourth-order valence-corrected chi connectivity index (χ4v) is 4.31. The molecule has 0 unspecified atom stereocenters. The summed E-state index contributed by atoms with van der Waals surface area (Å²) in [5, 5.41) is 2.67. The van der Waals surface area contributed by atoms with Gasteiger partial charge in [-0.05, 0) is 66.4 Å². The minimum atomic E-state index is -4.76. The highest BCUT2D eigenvalue weighted by Gasteiger charge is 2.34. The van der Waals surface area contributed by atoms with E-state index in [9.17, 15) is 22.4 Å². The maximum absolute atomic E-state index is 14.1. The summed E-state index contributed by atoms with van der Waals surface area (Å²) < 4.78 is 56.5. The summed E-state index contributed by atoms with van der Waals surface area (Å²) in [5.41, 5.74) is -0.766. The van der Waals surface area contributed by atoms with Crippen LogP contribution in [0, 0.1) is 5.82 Å². The third-order valence-electron chi connectivity index (χ3n) is 5.67. The Morgan fingerprint density at radius 1 is 1.03 bits per heavy atom. The molecule has 0 saturated carbocycles. The van der Waals surface area contributed by atoms with Crippen LogP contribution in [-0.2, 0) is 6.18 Å². The average molecular weight is 514 g/mol. The number of nitrogens with one attached hydrogen (secondary N) is 1. The van der Waals surface area contributed by atoms with Crippen LogP contribution in [0.15, 0.2) is 71.7 Å². The highest BCUT2D eigenvalue weighted by Crippen LogP contribution is 2.35. The summed E-state index contributed by atoms with van der Waals surface area (Å²) in [7, 11) is 0. The molecule has 5 aromatic rings. The number of pyridine rings is 2. The Hall–Kier alpha value is -4.05. The van der Waals surface area contributed by atoms with Crippen molar-refractivity contribution >= 4 is 39.2 Å². The van der Waals surface area contributed by atoms with Crippen molar-refractivity contribution in [2.24, 2.45) is 0 Å². The smallest absolute Gasteiger partial charge is 0.360 e. The van der Waals surface area contributed by atoms with Gasteiger partial charge in [-0.15, -0.1) is 0 Å². The van der Waals surface area contributed by atoms with E-state index in [1.54, 1.807) is 25.3 Å². The highest BCUT2D eigenvalue weighted by molar-refractivity contribution is 6.28. The fraction of sp³-hybridized carbons (Fsp3) is 0.120. The first kappa shape index (κ1) is 23.7. The van der Waals surface area contributed by atoms with Crippen LogP contribution in [0.3, 0.4) is 0 Å². The van der Waals surface area contributed by atoms with Gasteiger partial charge in [0.05, 0.1) is 28.2 Å². The van der Waals surface area contributed by atoms with E-state index in [0.717, 1.165) is 16.7 Å². The predicted octanol–water partition coefficient (Wildman–Crippen LogP) is 6.31. The number of anilines is 1. The Balaban J connectivity index is 1.76. The molecule has 1 N–H and O–H groups in total. The first-order chi connectivity index (χ1) is 17.1. The van der Waals surface area contributed by atoms with E-state index in [4.69, 9.17) is 11.6 Å². The number of hydrogen-bond acceptors (Lipinski definition) is 5. The van der Waals surface area contributed by atoms with Crippen molar-refractivity contribution in [1.29, 1.82) is 0 Å². The highest BCUT2D eigenvalue weighted by atomic mass is 35.5. The number of nitrogens with zero attached hydrogens (tertiary/aromatic N) is 4. The van der Waals surface area contributed by atoms with E-state index in [1.165, 1.54) is 36.4 Å². The number of alkyl halides is 3. The molecule has 2 aromatic carbocycles. The number of halogens is 5. The lowest BCUT2D eigenvalue weighted by molar-refractivity contribution is -0.136. The number of aromatic nitrogens is 4. The zero-order valence-electron chi connectivity index (χ0n) is 18.5. The Kier molecular flexibility index (Phi) is 5.83. The Labute approximate surface area is 206 Å². The standard InChI is InChI=1S/C25H16ClF4N5O/c1-13(32-22-21-18(9-4-10-31-21)33-24(26)34-22)19-11-14-5-2-8-17(25(28,29)30)20(14)23(36)35(19)16-7-3-6-15(27)12-16/h2-13H,1H3,(H,32,33,34)/t13-/m0/s1. The monoisotopic (exact) mass is 513 g/mol. The average Bonchev–Trinajstić information content (AvgIpc) is 2.82. The van der Waals surface area contributed by atoms with E-state index < -0.39 is 34.5 Å². The molecule has 11 heteroatoms. The molecule has 36 heavy (non-hydrogen) atoms. The second-order valence-corrected chi connectivity index (χ2v) is 8.37. The molecule has 0 fully saturated rings.